The highest BCUT2D eigenvalue weighted by molar-refractivity contribution is 7.90. The summed E-state index contributed by atoms with van der Waals surface area (Å²) in [5.74, 6) is -2.01. The fraction of sp³-hybridized carbons (Fsp3) is 0.250. The second-order valence-electron chi connectivity index (χ2n) is 8.91. The Hall–Kier alpha value is -4.05. The lowest BCUT2D eigenvalue weighted by atomic mass is 10.0. The standard InChI is InChI=1S/C28H28FN3O5S/c1-30-27(34)24(18-20-10-3-2-4-11-20)31(19-21-12-5-7-14-23(21)29)26(33)16-9-17-32-28(35)22-13-6-8-15-25(22)38(32,36)37/h2-8,10-15,24H,9,16-19H2,1H3,(H,30,34)/t24-/m0/s1. The molecule has 0 spiro atoms. The molecule has 0 saturated carbocycles. The summed E-state index contributed by atoms with van der Waals surface area (Å²) in [7, 11) is -2.53. The zero-order valence-electron chi connectivity index (χ0n) is 20.8. The quantitative estimate of drug-likeness (QED) is 0.428. The Bertz CT molecular complexity index is 1450. The normalized spacial score (nSPS) is 14.6. The summed E-state index contributed by atoms with van der Waals surface area (Å²) in [5.41, 5.74) is 1.16. The zero-order chi connectivity index (χ0) is 27.3. The van der Waals surface area contributed by atoms with Gasteiger partial charge in [-0.25, -0.2) is 17.1 Å². The van der Waals surface area contributed by atoms with Crippen LogP contribution in [0.15, 0.2) is 83.8 Å². The fourth-order valence-corrected chi connectivity index (χ4v) is 6.11. The number of carbonyl (C=O) groups excluding carboxylic acids is 3. The molecule has 3 aromatic carbocycles. The van der Waals surface area contributed by atoms with Crippen molar-refractivity contribution in [3.8, 4) is 0 Å². The number of benzene rings is 3. The molecule has 3 amide bonds. The van der Waals surface area contributed by atoms with E-state index in [1.54, 1.807) is 24.3 Å². The van der Waals surface area contributed by atoms with Gasteiger partial charge in [-0.15, -0.1) is 0 Å². The van der Waals surface area contributed by atoms with Gasteiger partial charge in [-0.1, -0.05) is 60.7 Å². The Morgan fingerprint density at radius 2 is 1.63 bits per heavy atom. The lowest BCUT2D eigenvalue weighted by molar-refractivity contribution is -0.141. The van der Waals surface area contributed by atoms with Crippen molar-refractivity contribution in [3.05, 3.63) is 101 Å². The number of nitrogens with zero attached hydrogens (tertiary/aromatic N) is 2. The van der Waals surface area contributed by atoms with Gasteiger partial charge in [0.15, 0.2) is 0 Å². The van der Waals surface area contributed by atoms with Gasteiger partial charge in [-0.3, -0.25) is 14.4 Å². The van der Waals surface area contributed by atoms with Crippen LogP contribution in [0.5, 0.6) is 0 Å². The van der Waals surface area contributed by atoms with Gasteiger partial charge in [0.1, 0.15) is 16.8 Å². The number of rotatable bonds is 10. The van der Waals surface area contributed by atoms with Gasteiger partial charge in [0.2, 0.25) is 11.8 Å². The van der Waals surface area contributed by atoms with Crippen LogP contribution >= 0.6 is 0 Å². The number of halogens is 1. The summed E-state index contributed by atoms with van der Waals surface area (Å²) >= 11 is 0. The molecule has 1 atom stereocenters. The Morgan fingerprint density at radius 3 is 2.32 bits per heavy atom. The molecule has 0 aromatic heterocycles. The molecule has 4 rings (SSSR count). The smallest absolute Gasteiger partial charge is 0.269 e. The van der Waals surface area contributed by atoms with E-state index in [0.717, 1.165) is 9.87 Å². The first-order valence-electron chi connectivity index (χ1n) is 12.2. The molecule has 3 aromatic rings. The third-order valence-electron chi connectivity index (χ3n) is 6.48. The molecule has 8 nitrogen and oxygen atoms in total. The van der Waals surface area contributed by atoms with E-state index < -0.39 is 39.6 Å². The number of hydrogen-bond acceptors (Lipinski definition) is 5. The third-order valence-corrected chi connectivity index (χ3v) is 8.32. The molecular weight excluding hydrogens is 509 g/mol. The van der Waals surface area contributed by atoms with Crippen LogP contribution in [0.3, 0.4) is 0 Å². The predicted molar refractivity (Wildman–Crippen MR) is 139 cm³/mol. The highest BCUT2D eigenvalue weighted by Gasteiger charge is 2.40. The van der Waals surface area contributed by atoms with Crippen LogP contribution in [0.25, 0.3) is 0 Å². The van der Waals surface area contributed by atoms with E-state index in [9.17, 15) is 27.2 Å². The van der Waals surface area contributed by atoms with Crippen LogP contribution < -0.4 is 5.32 Å². The Morgan fingerprint density at radius 1 is 0.974 bits per heavy atom. The van der Waals surface area contributed by atoms with E-state index in [0.29, 0.717) is 0 Å². The van der Waals surface area contributed by atoms with Crippen molar-refractivity contribution in [2.45, 2.75) is 36.7 Å². The van der Waals surface area contributed by atoms with Gasteiger partial charge in [-0.05, 0) is 30.2 Å². The first-order valence-corrected chi connectivity index (χ1v) is 13.6. The first-order chi connectivity index (χ1) is 18.2. The van der Waals surface area contributed by atoms with E-state index in [4.69, 9.17) is 0 Å². The molecular formula is C28H28FN3O5S. The summed E-state index contributed by atoms with van der Waals surface area (Å²) in [5, 5.41) is 2.59. The maximum absolute atomic E-state index is 14.6. The van der Waals surface area contributed by atoms with Crippen molar-refractivity contribution < 1.29 is 27.2 Å². The topological polar surface area (TPSA) is 104 Å². The molecule has 1 aliphatic heterocycles. The van der Waals surface area contributed by atoms with E-state index in [2.05, 4.69) is 5.32 Å². The lowest BCUT2D eigenvalue weighted by Crippen LogP contribution is -2.50. The highest BCUT2D eigenvalue weighted by atomic mass is 32.2. The third kappa shape index (κ3) is 5.60. The minimum Gasteiger partial charge on any atom is -0.357 e. The highest BCUT2D eigenvalue weighted by Crippen LogP contribution is 2.30. The number of nitrogens with one attached hydrogen (secondary N) is 1. The van der Waals surface area contributed by atoms with Crippen molar-refractivity contribution in [1.82, 2.24) is 14.5 Å². The Labute approximate surface area is 221 Å². The van der Waals surface area contributed by atoms with E-state index >= 15 is 0 Å². The molecule has 0 fully saturated rings. The summed E-state index contributed by atoms with van der Waals surface area (Å²) in [4.78, 5) is 40.4. The zero-order valence-corrected chi connectivity index (χ0v) is 21.7. The number of fused-ring (bicyclic) bond motifs is 1. The molecule has 10 heteroatoms. The number of likely N-dealkylation sites (N-methyl/N-ethyl adjacent to an activating group) is 1. The average molecular weight is 538 g/mol. The van der Waals surface area contributed by atoms with Gasteiger partial charge >= 0.3 is 0 Å². The van der Waals surface area contributed by atoms with Gasteiger partial charge in [0.05, 0.1) is 5.56 Å². The lowest BCUT2D eigenvalue weighted by Gasteiger charge is -2.31. The van der Waals surface area contributed by atoms with Crippen molar-refractivity contribution in [2.24, 2.45) is 0 Å². The molecule has 0 saturated heterocycles. The summed E-state index contributed by atoms with van der Waals surface area (Å²) in [6.07, 6.45) is 0.0960. The van der Waals surface area contributed by atoms with Crippen LogP contribution in [-0.2, 0) is 32.6 Å². The molecule has 1 N–H and O–H groups in total. The van der Waals surface area contributed by atoms with E-state index in [1.807, 2.05) is 30.3 Å². The van der Waals surface area contributed by atoms with Gasteiger partial charge in [-0.2, -0.15) is 0 Å². The van der Waals surface area contributed by atoms with Gasteiger partial charge in [0.25, 0.3) is 15.9 Å². The summed E-state index contributed by atoms with van der Waals surface area (Å²) < 4.78 is 41.0. The number of carbonyl (C=O) groups is 3. The molecule has 1 aliphatic rings. The maximum atomic E-state index is 14.6. The van der Waals surface area contributed by atoms with Crippen molar-refractivity contribution >= 4 is 27.7 Å². The second kappa shape index (κ2) is 11.6. The minimum atomic E-state index is -4.00. The molecule has 0 bridgehead atoms. The van der Waals surface area contributed by atoms with Gasteiger partial charge < -0.3 is 10.2 Å². The molecule has 0 aliphatic carbocycles. The maximum Gasteiger partial charge on any atom is 0.269 e. The molecule has 38 heavy (non-hydrogen) atoms. The largest absolute Gasteiger partial charge is 0.357 e. The van der Waals surface area contributed by atoms with Crippen molar-refractivity contribution in [2.75, 3.05) is 13.6 Å². The van der Waals surface area contributed by atoms with Crippen molar-refractivity contribution in [1.29, 1.82) is 0 Å². The Balaban J connectivity index is 1.55. The minimum absolute atomic E-state index is 0.0391. The number of sulfonamides is 1. The fourth-order valence-electron chi connectivity index (χ4n) is 4.50. The molecule has 0 unspecified atom stereocenters. The molecule has 0 radical (unpaired) electrons. The average Bonchev–Trinajstić information content (AvgIpc) is 3.12. The predicted octanol–water partition coefficient (Wildman–Crippen LogP) is 3.14. The van der Waals surface area contributed by atoms with Crippen LogP contribution in [-0.4, -0.2) is 55.0 Å². The number of hydrogen-bond donors (Lipinski definition) is 1. The monoisotopic (exact) mass is 537 g/mol. The van der Waals surface area contributed by atoms with E-state index in [1.165, 1.54) is 36.2 Å². The molecule has 198 valence electrons. The first kappa shape index (κ1) is 27.0. The second-order valence-corrected chi connectivity index (χ2v) is 10.7. The summed E-state index contributed by atoms with van der Waals surface area (Å²) in [6.45, 7) is -0.346. The molecule has 1 heterocycles. The van der Waals surface area contributed by atoms with E-state index in [-0.39, 0.29) is 48.4 Å². The van der Waals surface area contributed by atoms with Gasteiger partial charge in [0, 0.05) is 38.5 Å². The van der Waals surface area contributed by atoms with Crippen LogP contribution in [0.2, 0.25) is 0 Å². The Kier molecular flexibility index (Phi) is 8.21. The van der Waals surface area contributed by atoms with Crippen LogP contribution in [0, 0.1) is 5.82 Å². The number of amides is 3. The SMILES string of the molecule is CNC(=O)[C@H](Cc1ccccc1)N(Cc1ccccc1F)C(=O)CCCN1C(=O)c2ccccc2S1(=O)=O. The summed E-state index contributed by atoms with van der Waals surface area (Å²) in [6, 6.07) is 20.2. The van der Waals surface area contributed by atoms with Crippen molar-refractivity contribution in [3.63, 3.8) is 0 Å². The van der Waals surface area contributed by atoms with Crippen LogP contribution in [0.1, 0.15) is 34.3 Å². The van der Waals surface area contributed by atoms with Crippen LogP contribution in [0.4, 0.5) is 4.39 Å².